The van der Waals surface area contributed by atoms with Crippen molar-refractivity contribution < 1.29 is 13.9 Å². The van der Waals surface area contributed by atoms with Crippen LogP contribution in [0.5, 0.6) is 0 Å². The van der Waals surface area contributed by atoms with Gasteiger partial charge in [0.1, 0.15) is 12.7 Å². The van der Waals surface area contributed by atoms with Gasteiger partial charge in [-0.3, -0.25) is 13.9 Å². The lowest BCUT2D eigenvalue weighted by molar-refractivity contribution is -0.138. The molecule has 0 aromatic carbocycles. The van der Waals surface area contributed by atoms with Crippen LogP contribution in [-0.2, 0) is 23.1 Å². The molecular formula is C31H45FN4O3S. The molecular weight excluding hydrogens is 527 g/mol. The Morgan fingerprint density at radius 1 is 1.07 bits per heavy atom. The first kappa shape index (κ1) is 30.4. The van der Waals surface area contributed by atoms with Crippen LogP contribution in [0.25, 0.3) is 21.6 Å². The molecule has 40 heavy (non-hydrogen) atoms. The van der Waals surface area contributed by atoms with Crippen LogP contribution in [-0.4, -0.2) is 51.3 Å². The van der Waals surface area contributed by atoms with Gasteiger partial charge in [0.2, 0.25) is 5.91 Å². The third-order valence-electron chi connectivity index (χ3n) is 8.04. The minimum Gasteiger partial charge on any atom is -0.376 e. The molecule has 7 nitrogen and oxygen atoms in total. The first-order valence-electron chi connectivity index (χ1n) is 15.0. The van der Waals surface area contributed by atoms with E-state index in [0.717, 1.165) is 23.3 Å². The molecule has 0 radical (unpaired) electrons. The second kappa shape index (κ2) is 14.9. The highest BCUT2D eigenvalue weighted by molar-refractivity contribution is 7.15. The molecule has 1 aliphatic heterocycles. The van der Waals surface area contributed by atoms with Crippen molar-refractivity contribution in [3.05, 3.63) is 39.8 Å². The van der Waals surface area contributed by atoms with E-state index in [9.17, 15) is 14.0 Å². The van der Waals surface area contributed by atoms with Crippen LogP contribution in [0.3, 0.4) is 0 Å². The molecule has 0 N–H and O–H groups in total. The van der Waals surface area contributed by atoms with Crippen LogP contribution < -0.4 is 5.69 Å². The molecule has 1 fully saturated rings. The van der Waals surface area contributed by atoms with E-state index in [1.807, 2.05) is 6.07 Å². The number of pyridine rings is 1. The Balaban J connectivity index is 1.32. The van der Waals surface area contributed by atoms with Crippen molar-refractivity contribution in [2.75, 3.05) is 20.2 Å². The number of fused-ring (bicyclic) bond motifs is 1. The van der Waals surface area contributed by atoms with E-state index in [4.69, 9.17) is 4.74 Å². The molecule has 0 saturated carbocycles. The highest BCUT2D eigenvalue weighted by Gasteiger charge is 2.31. The van der Waals surface area contributed by atoms with Crippen LogP contribution in [0, 0.1) is 0 Å². The lowest BCUT2D eigenvalue weighted by atomic mass is 10.0. The van der Waals surface area contributed by atoms with Crippen molar-refractivity contribution in [1.29, 1.82) is 0 Å². The van der Waals surface area contributed by atoms with Gasteiger partial charge in [-0.1, -0.05) is 77.6 Å². The standard InChI is InChI=1S/C31H45FN4O3S/c1-4-5-6-7-8-9-10-11-12-13-14-15-26(39-3)28-17-16-27(40-28)23-18-25-30(33-19-23)34(2)31(38)36(25)22-29(37)35-20-24(32)21-35/h16-19,24,26H,4-15,20-22H2,1-3H3. The number of halogens is 1. The smallest absolute Gasteiger partial charge is 0.330 e. The Labute approximate surface area is 241 Å². The Kier molecular flexibility index (Phi) is 11.4. The summed E-state index contributed by atoms with van der Waals surface area (Å²) >= 11 is 1.68. The number of hydrogen-bond acceptors (Lipinski definition) is 5. The fraction of sp³-hybridized carbons (Fsp3) is 0.645. The summed E-state index contributed by atoms with van der Waals surface area (Å²) in [6.45, 7) is 2.34. The van der Waals surface area contributed by atoms with Gasteiger partial charge in [0.15, 0.2) is 5.65 Å². The average Bonchev–Trinajstić information content (AvgIpc) is 3.51. The Morgan fingerprint density at radius 2 is 1.73 bits per heavy atom. The molecule has 1 unspecified atom stereocenters. The summed E-state index contributed by atoms with van der Waals surface area (Å²) in [5.41, 5.74) is 1.72. The molecule has 0 aliphatic carbocycles. The number of carbonyl (C=O) groups is 1. The molecule has 1 aliphatic rings. The molecule has 220 valence electrons. The maximum atomic E-state index is 13.2. The number of likely N-dealkylation sites (tertiary alicyclic amines) is 1. The summed E-state index contributed by atoms with van der Waals surface area (Å²) in [6, 6.07) is 6.12. The topological polar surface area (TPSA) is 69.4 Å². The summed E-state index contributed by atoms with van der Waals surface area (Å²) in [4.78, 5) is 33.7. The molecule has 3 aromatic heterocycles. The van der Waals surface area contributed by atoms with Crippen molar-refractivity contribution in [2.24, 2.45) is 7.05 Å². The van der Waals surface area contributed by atoms with Gasteiger partial charge < -0.3 is 9.64 Å². The molecule has 3 aromatic rings. The van der Waals surface area contributed by atoms with Crippen molar-refractivity contribution in [3.8, 4) is 10.4 Å². The first-order valence-corrected chi connectivity index (χ1v) is 15.8. The van der Waals surface area contributed by atoms with Crippen LogP contribution in [0.15, 0.2) is 29.2 Å². The van der Waals surface area contributed by atoms with E-state index in [2.05, 4.69) is 24.0 Å². The van der Waals surface area contributed by atoms with Crippen LogP contribution in [0.1, 0.15) is 95.0 Å². The van der Waals surface area contributed by atoms with Gasteiger partial charge in [-0.15, -0.1) is 11.3 Å². The number of alkyl halides is 1. The van der Waals surface area contributed by atoms with Crippen molar-refractivity contribution in [1.82, 2.24) is 19.0 Å². The van der Waals surface area contributed by atoms with Gasteiger partial charge in [0.25, 0.3) is 0 Å². The summed E-state index contributed by atoms with van der Waals surface area (Å²) < 4.78 is 22.0. The van der Waals surface area contributed by atoms with Gasteiger partial charge in [-0.25, -0.2) is 14.2 Å². The Bertz CT molecular complexity index is 1290. The molecule has 4 rings (SSSR count). The highest BCUT2D eigenvalue weighted by Crippen LogP contribution is 2.35. The second-order valence-electron chi connectivity index (χ2n) is 11.1. The van der Waals surface area contributed by atoms with E-state index < -0.39 is 6.17 Å². The number of thiophene rings is 1. The average molecular weight is 573 g/mol. The number of methoxy groups -OCH3 is 1. The fourth-order valence-corrected chi connectivity index (χ4v) is 6.58. The third kappa shape index (κ3) is 7.60. The number of carbonyl (C=O) groups excluding carboxylic acids is 1. The van der Waals surface area contributed by atoms with Crippen molar-refractivity contribution in [2.45, 2.75) is 103 Å². The lowest BCUT2D eigenvalue weighted by Crippen LogP contribution is -2.52. The molecule has 9 heteroatoms. The SMILES string of the molecule is CCCCCCCCCCCCCC(OC)c1ccc(-c2cnc3c(c2)n(CC(=O)N2CC(F)C2)c(=O)n3C)s1. The first-order chi connectivity index (χ1) is 19.4. The van der Waals surface area contributed by atoms with Gasteiger partial charge in [-0.05, 0) is 24.6 Å². The summed E-state index contributed by atoms with van der Waals surface area (Å²) in [5.74, 6) is -0.252. The van der Waals surface area contributed by atoms with E-state index in [-0.39, 0.29) is 37.3 Å². The van der Waals surface area contributed by atoms with E-state index >= 15 is 0 Å². The zero-order chi connectivity index (χ0) is 28.5. The zero-order valence-corrected chi connectivity index (χ0v) is 25.2. The van der Waals surface area contributed by atoms with Gasteiger partial charge >= 0.3 is 5.69 Å². The lowest BCUT2D eigenvalue weighted by Gasteiger charge is -2.34. The van der Waals surface area contributed by atoms with Crippen molar-refractivity contribution in [3.63, 3.8) is 0 Å². The summed E-state index contributed by atoms with van der Waals surface area (Å²) in [7, 11) is 3.43. The molecule has 0 spiro atoms. The monoisotopic (exact) mass is 572 g/mol. The molecule has 1 atom stereocenters. The Hall–Kier alpha value is -2.52. The minimum absolute atomic E-state index is 0.0670. The number of aryl methyl sites for hydroxylation is 1. The quantitative estimate of drug-likeness (QED) is 0.163. The normalized spacial score (nSPS) is 14.7. The molecule has 1 saturated heterocycles. The largest absolute Gasteiger partial charge is 0.376 e. The maximum Gasteiger partial charge on any atom is 0.330 e. The van der Waals surface area contributed by atoms with E-state index in [1.54, 1.807) is 31.7 Å². The summed E-state index contributed by atoms with van der Waals surface area (Å²) in [5, 5.41) is 0. The minimum atomic E-state index is -0.972. The molecule has 0 bridgehead atoms. The highest BCUT2D eigenvalue weighted by atomic mass is 32.1. The number of ether oxygens (including phenoxy) is 1. The predicted octanol–water partition coefficient (Wildman–Crippen LogP) is 7.03. The van der Waals surface area contributed by atoms with Crippen LogP contribution in [0.4, 0.5) is 4.39 Å². The van der Waals surface area contributed by atoms with Crippen molar-refractivity contribution >= 4 is 28.4 Å². The number of unbranched alkanes of at least 4 members (excludes halogenated alkanes) is 10. The molecule has 4 heterocycles. The number of rotatable bonds is 17. The second-order valence-corrected chi connectivity index (χ2v) is 12.3. The van der Waals surface area contributed by atoms with Crippen LogP contribution in [0.2, 0.25) is 0 Å². The number of imidazole rings is 1. The fourth-order valence-electron chi connectivity index (χ4n) is 5.48. The zero-order valence-electron chi connectivity index (χ0n) is 24.4. The predicted molar refractivity (Wildman–Crippen MR) is 161 cm³/mol. The number of aromatic nitrogens is 3. The van der Waals surface area contributed by atoms with Gasteiger partial charge in [0, 0.05) is 35.7 Å². The van der Waals surface area contributed by atoms with Gasteiger partial charge in [0.05, 0.1) is 24.7 Å². The maximum absolute atomic E-state index is 13.2. The number of nitrogens with zero attached hydrogens (tertiary/aromatic N) is 4. The number of hydrogen-bond donors (Lipinski definition) is 0. The Morgan fingerprint density at radius 3 is 2.35 bits per heavy atom. The van der Waals surface area contributed by atoms with E-state index in [1.165, 1.54) is 83.1 Å². The van der Waals surface area contributed by atoms with Gasteiger partial charge in [-0.2, -0.15) is 0 Å². The summed E-state index contributed by atoms with van der Waals surface area (Å²) in [6.07, 6.45) is 16.5. The van der Waals surface area contributed by atoms with Crippen LogP contribution >= 0.6 is 11.3 Å². The third-order valence-corrected chi connectivity index (χ3v) is 9.27. The van der Waals surface area contributed by atoms with E-state index in [0.29, 0.717) is 11.2 Å². The molecule has 1 amide bonds. The number of amides is 1.